The van der Waals surface area contributed by atoms with Gasteiger partial charge in [-0.05, 0) is 18.6 Å². The quantitative estimate of drug-likeness (QED) is 0.751. The van der Waals surface area contributed by atoms with E-state index in [-0.39, 0.29) is 5.37 Å². The van der Waals surface area contributed by atoms with Gasteiger partial charge in [-0.2, -0.15) is 4.39 Å². The van der Waals surface area contributed by atoms with Crippen molar-refractivity contribution in [3.63, 3.8) is 0 Å². The minimum Gasteiger partial charge on any atom is -0.311 e. The van der Waals surface area contributed by atoms with Crippen molar-refractivity contribution < 1.29 is 4.39 Å². The van der Waals surface area contributed by atoms with Gasteiger partial charge in [0, 0.05) is 6.20 Å². The Morgan fingerprint density at radius 2 is 2.36 bits per heavy atom. The second kappa shape index (κ2) is 3.61. The van der Waals surface area contributed by atoms with Gasteiger partial charge in [0.1, 0.15) is 0 Å². The van der Waals surface area contributed by atoms with Crippen molar-refractivity contribution in [2.24, 2.45) is 0 Å². The van der Waals surface area contributed by atoms with Crippen LogP contribution in [0.2, 0.25) is 0 Å². The topological polar surface area (TPSA) is 54.9 Å². The third-order valence-electron chi connectivity index (χ3n) is 2.16. The second-order valence-corrected chi connectivity index (χ2v) is 4.37. The Balaban J connectivity index is 2.55. The molecule has 1 aliphatic heterocycles. The molecule has 1 aromatic heterocycles. The number of thioether (sulfide) groups is 1. The summed E-state index contributed by atoms with van der Waals surface area (Å²) in [5, 5.41) is -0.207. The van der Waals surface area contributed by atoms with Gasteiger partial charge in [-0.25, -0.2) is 9.36 Å². The smallest absolute Gasteiger partial charge is 0.311 e. The van der Waals surface area contributed by atoms with E-state index < -0.39 is 17.1 Å². The molecule has 0 bridgehead atoms. The second-order valence-electron chi connectivity index (χ2n) is 3.08. The van der Waals surface area contributed by atoms with Gasteiger partial charge in [-0.1, -0.05) is 0 Å². The fourth-order valence-corrected chi connectivity index (χ4v) is 2.77. The number of halogens is 1. The van der Waals surface area contributed by atoms with E-state index in [0.29, 0.717) is 0 Å². The first-order valence-corrected chi connectivity index (χ1v) is 5.36. The molecule has 2 rings (SSSR count). The standard InChI is InChI=1S/C8H9FN2O2S/c9-5-4-10-8(13)11(7(5)12)6-2-1-3-14-6/h4,6H,1-3H2,(H,10,13). The number of hydrogen-bond donors (Lipinski definition) is 1. The van der Waals surface area contributed by atoms with Crippen LogP contribution in [-0.4, -0.2) is 15.3 Å². The zero-order valence-corrected chi connectivity index (χ0v) is 8.14. The summed E-state index contributed by atoms with van der Waals surface area (Å²) in [7, 11) is 0. The van der Waals surface area contributed by atoms with E-state index in [1.165, 1.54) is 11.8 Å². The van der Waals surface area contributed by atoms with Gasteiger partial charge in [0.25, 0.3) is 5.56 Å². The predicted octanol–water partition coefficient (Wildman–Crippen LogP) is 0.701. The Morgan fingerprint density at radius 1 is 1.57 bits per heavy atom. The molecule has 4 nitrogen and oxygen atoms in total. The molecule has 1 N–H and O–H groups in total. The van der Waals surface area contributed by atoms with Crippen molar-refractivity contribution in [1.29, 1.82) is 0 Å². The van der Waals surface area contributed by atoms with Crippen molar-refractivity contribution in [1.82, 2.24) is 9.55 Å². The zero-order chi connectivity index (χ0) is 10.1. The Morgan fingerprint density at radius 3 is 3.00 bits per heavy atom. The first-order valence-electron chi connectivity index (χ1n) is 4.31. The number of nitrogens with one attached hydrogen (secondary N) is 1. The molecule has 1 saturated heterocycles. The van der Waals surface area contributed by atoms with E-state index in [1.807, 2.05) is 0 Å². The fourth-order valence-electron chi connectivity index (χ4n) is 1.49. The highest BCUT2D eigenvalue weighted by Gasteiger charge is 2.21. The van der Waals surface area contributed by atoms with E-state index >= 15 is 0 Å². The summed E-state index contributed by atoms with van der Waals surface area (Å²) in [4.78, 5) is 24.8. The molecular formula is C8H9FN2O2S. The van der Waals surface area contributed by atoms with E-state index in [4.69, 9.17) is 0 Å². The summed E-state index contributed by atoms with van der Waals surface area (Å²) in [5.74, 6) is 0.00432. The summed E-state index contributed by atoms with van der Waals surface area (Å²) in [6.07, 6.45) is 2.51. The Kier molecular flexibility index (Phi) is 2.45. The minimum absolute atomic E-state index is 0.207. The van der Waals surface area contributed by atoms with Crippen molar-refractivity contribution in [3.8, 4) is 0 Å². The van der Waals surface area contributed by atoms with Gasteiger partial charge in [0.15, 0.2) is 0 Å². The highest BCUT2D eigenvalue weighted by molar-refractivity contribution is 7.99. The van der Waals surface area contributed by atoms with Gasteiger partial charge in [0.05, 0.1) is 5.37 Å². The summed E-state index contributed by atoms with van der Waals surface area (Å²) >= 11 is 1.51. The van der Waals surface area contributed by atoms with E-state index in [0.717, 1.165) is 29.4 Å². The molecule has 1 aromatic rings. The average molecular weight is 216 g/mol. The number of aromatic nitrogens is 2. The van der Waals surface area contributed by atoms with Crippen LogP contribution >= 0.6 is 11.8 Å². The molecule has 0 aliphatic carbocycles. The number of hydrogen-bond acceptors (Lipinski definition) is 3. The van der Waals surface area contributed by atoms with Crippen molar-refractivity contribution in [2.45, 2.75) is 18.2 Å². The third kappa shape index (κ3) is 1.50. The molecule has 1 unspecified atom stereocenters. The SMILES string of the molecule is O=c1[nH]cc(F)c(=O)n1C1CCCS1. The lowest BCUT2D eigenvalue weighted by Crippen LogP contribution is -2.37. The van der Waals surface area contributed by atoms with Gasteiger partial charge >= 0.3 is 5.69 Å². The van der Waals surface area contributed by atoms with Crippen LogP contribution in [0, 0.1) is 5.82 Å². The number of rotatable bonds is 1. The predicted molar refractivity (Wildman–Crippen MR) is 52.0 cm³/mol. The van der Waals surface area contributed by atoms with E-state index in [9.17, 15) is 14.0 Å². The first kappa shape index (κ1) is 9.51. The van der Waals surface area contributed by atoms with Crippen LogP contribution in [0.3, 0.4) is 0 Å². The molecule has 1 aliphatic rings. The summed E-state index contributed by atoms with van der Waals surface area (Å²) < 4.78 is 13.9. The fraction of sp³-hybridized carbons (Fsp3) is 0.500. The largest absolute Gasteiger partial charge is 0.329 e. The molecule has 1 atom stereocenters. The van der Waals surface area contributed by atoms with Crippen LogP contribution < -0.4 is 11.2 Å². The lowest BCUT2D eigenvalue weighted by Gasteiger charge is -2.10. The molecule has 0 spiro atoms. The maximum Gasteiger partial charge on any atom is 0.329 e. The molecule has 1 fully saturated rings. The maximum atomic E-state index is 12.9. The molecule has 76 valence electrons. The van der Waals surface area contributed by atoms with Gasteiger partial charge in [-0.15, -0.1) is 11.8 Å². The summed E-state index contributed by atoms with van der Waals surface area (Å²) in [6, 6.07) is 0. The van der Waals surface area contributed by atoms with E-state index in [1.54, 1.807) is 0 Å². The van der Waals surface area contributed by atoms with Gasteiger partial charge in [-0.3, -0.25) is 4.79 Å². The van der Waals surface area contributed by atoms with Crippen LogP contribution in [0.5, 0.6) is 0 Å². The molecule has 14 heavy (non-hydrogen) atoms. The molecule has 2 heterocycles. The zero-order valence-electron chi connectivity index (χ0n) is 7.33. The summed E-state index contributed by atoms with van der Waals surface area (Å²) in [6.45, 7) is 0. The van der Waals surface area contributed by atoms with E-state index in [2.05, 4.69) is 4.98 Å². The molecule has 0 aromatic carbocycles. The highest BCUT2D eigenvalue weighted by Crippen LogP contribution is 2.33. The van der Waals surface area contributed by atoms with Crippen LogP contribution in [0.15, 0.2) is 15.8 Å². The highest BCUT2D eigenvalue weighted by atomic mass is 32.2. The maximum absolute atomic E-state index is 12.9. The number of nitrogens with zero attached hydrogens (tertiary/aromatic N) is 1. The minimum atomic E-state index is -0.905. The van der Waals surface area contributed by atoms with Crippen LogP contribution in [0.4, 0.5) is 4.39 Å². The van der Waals surface area contributed by atoms with Gasteiger partial charge in [0.2, 0.25) is 5.82 Å². The molecule has 0 radical (unpaired) electrons. The Hall–Kier alpha value is -1.04. The third-order valence-corrected chi connectivity index (χ3v) is 3.51. The first-order chi connectivity index (χ1) is 6.70. The van der Waals surface area contributed by atoms with Gasteiger partial charge < -0.3 is 4.98 Å². The number of H-pyrrole nitrogens is 1. The van der Waals surface area contributed by atoms with Crippen molar-refractivity contribution >= 4 is 11.8 Å². The average Bonchev–Trinajstić information content (AvgIpc) is 2.65. The molecule has 6 heteroatoms. The Bertz CT molecular complexity index is 447. The van der Waals surface area contributed by atoms with Crippen LogP contribution in [-0.2, 0) is 0 Å². The molecule has 0 saturated carbocycles. The lowest BCUT2D eigenvalue weighted by atomic mass is 10.3. The monoisotopic (exact) mass is 216 g/mol. The normalized spacial score (nSPS) is 21.4. The van der Waals surface area contributed by atoms with Crippen molar-refractivity contribution in [2.75, 3.05) is 5.75 Å². The van der Waals surface area contributed by atoms with Crippen molar-refractivity contribution in [3.05, 3.63) is 32.9 Å². The Labute approximate surface area is 83.1 Å². The van der Waals surface area contributed by atoms with Crippen LogP contribution in [0.1, 0.15) is 18.2 Å². The lowest BCUT2D eigenvalue weighted by molar-refractivity contribution is 0.524. The summed E-state index contributed by atoms with van der Waals surface area (Å²) in [5.41, 5.74) is -1.36. The molecule has 0 amide bonds. The van der Waals surface area contributed by atoms with Crippen LogP contribution in [0.25, 0.3) is 0 Å². The number of aromatic amines is 1. The molecular weight excluding hydrogens is 207 g/mol.